The fourth-order valence-corrected chi connectivity index (χ4v) is 2.45. The zero-order valence-corrected chi connectivity index (χ0v) is 13.2. The molecule has 3 aromatic rings. The van der Waals surface area contributed by atoms with Gasteiger partial charge in [-0.1, -0.05) is 24.2 Å². The quantitative estimate of drug-likeness (QED) is 0.769. The number of fused-ring (bicyclic) bond motifs is 1. The van der Waals surface area contributed by atoms with Crippen molar-refractivity contribution < 1.29 is 18.3 Å². The molecule has 0 bridgehead atoms. The minimum absolute atomic E-state index is 0.321. The van der Waals surface area contributed by atoms with Crippen LogP contribution in [0.15, 0.2) is 45.2 Å². The molecule has 7 heteroatoms. The van der Waals surface area contributed by atoms with Crippen molar-refractivity contribution in [1.29, 1.82) is 0 Å². The van der Waals surface area contributed by atoms with E-state index in [-0.39, 0.29) is 0 Å². The van der Waals surface area contributed by atoms with Gasteiger partial charge in [0.15, 0.2) is 11.5 Å². The summed E-state index contributed by atoms with van der Waals surface area (Å²) < 4.78 is 22.7. The van der Waals surface area contributed by atoms with E-state index < -0.39 is 6.10 Å². The van der Waals surface area contributed by atoms with Crippen molar-refractivity contribution >= 4 is 6.01 Å². The Morgan fingerprint density at radius 2 is 1.88 bits per heavy atom. The zero-order valence-electron chi connectivity index (χ0n) is 13.2. The van der Waals surface area contributed by atoms with Crippen molar-refractivity contribution in [3.8, 4) is 11.5 Å². The predicted octanol–water partition coefficient (Wildman–Crippen LogP) is 3.35. The van der Waals surface area contributed by atoms with Gasteiger partial charge in [-0.25, -0.2) is 0 Å². The summed E-state index contributed by atoms with van der Waals surface area (Å²) in [6.45, 7) is 2.86. The lowest BCUT2D eigenvalue weighted by atomic mass is 10.2. The minimum atomic E-state index is -0.418. The molecule has 0 spiro atoms. The van der Waals surface area contributed by atoms with Crippen LogP contribution in [0.25, 0.3) is 0 Å². The lowest BCUT2D eigenvalue weighted by Crippen LogP contribution is -2.21. The molecule has 4 rings (SSSR count). The Morgan fingerprint density at radius 1 is 1.04 bits per heavy atom. The van der Waals surface area contributed by atoms with Gasteiger partial charge < -0.3 is 23.6 Å². The summed E-state index contributed by atoms with van der Waals surface area (Å²) in [7, 11) is 0. The molecule has 24 heavy (non-hydrogen) atoms. The Labute approximate surface area is 138 Å². The predicted molar refractivity (Wildman–Crippen MR) is 85.0 cm³/mol. The van der Waals surface area contributed by atoms with Gasteiger partial charge in [0.25, 0.3) is 5.89 Å². The molecule has 7 nitrogen and oxygen atoms in total. The Kier molecular flexibility index (Phi) is 3.82. The van der Waals surface area contributed by atoms with Crippen molar-refractivity contribution in [2.24, 2.45) is 0 Å². The summed E-state index contributed by atoms with van der Waals surface area (Å²) in [5.74, 6) is 3.53. The van der Waals surface area contributed by atoms with E-state index in [9.17, 15) is 0 Å². The lowest BCUT2D eigenvalue weighted by Gasteiger charge is -2.23. The van der Waals surface area contributed by atoms with E-state index in [1.54, 1.807) is 0 Å². The number of nitrogens with zero attached hydrogens (tertiary/aromatic N) is 2. The molecule has 1 atom stereocenters. The average molecular weight is 327 g/mol. The SMILES string of the molecule is CCc1ccc(CNc2nnc([C@@H]3COc4ccccc4O3)o2)o1. The summed E-state index contributed by atoms with van der Waals surface area (Å²) in [4.78, 5) is 0. The highest BCUT2D eigenvalue weighted by atomic mass is 16.6. The number of para-hydroxylation sites is 2. The first kappa shape index (κ1) is 14.6. The molecule has 0 aliphatic carbocycles. The number of furan rings is 1. The third kappa shape index (κ3) is 2.92. The number of aromatic nitrogens is 2. The van der Waals surface area contributed by atoms with E-state index in [1.165, 1.54) is 0 Å². The van der Waals surface area contributed by atoms with Crippen LogP contribution in [0, 0.1) is 0 Å². The summed E-state index contributed by atoms with van der Waals surface area (Å²) >= 11 is 0. The monoisotopic (exact) mass is 327 g/mol. The fourth-order valence-electron chi connectivity index (χ4n) is 2.45. The van der Waals surface area contributed by atoms with E-state index in [4.69, 9.17) is 18.3 Å². The third-order valence-corrected chi connectivity index (χ3v) is 3.70. The molecule has 0 saturated heterocycles. The fraction of sp³-hybridized carbons (Fsp3) is 0.294. The molecule has 3 heterocycles. The van der Waals surface area contributed by atoms with Crippen LogP contribution in [-0.4, -0.2) is 16.8 Å². The van der Waals surface area contributed by atoms with Gasteiger partial charge in [-0.05, 0) is 24.3 Å². The van der Waals surface area contributed by atoms with Crippen LogP contribution in [-0.2, 0) is 13.0 Å². The molecule has 1 aliphatic rings. The first-order chi connectivity index (χ1) is 11.8. The number of aryl methyl sites for hydroxylation is 1. The summed E-state index contributed by atoms with van der Waals surface area (Å²) in [6.07, 6.45) is 0.448. The molecule has 1 N–H and O–H groups in total. The van der Waals surface area contributed by atoms with E-state index in [0.717, 1.165) is 23.7 Å². The largest absolute Gasteiger partial charge is 0.485 e. The average Bonchev–Trinajstić information content (AvgIpc) is 3.28. The van der Waals surface area contributed by atoms with Gasteiger partial charge >= 0.3 is 6.01 Å². The molecule has 0 radical (unpaired) electrons. The van der Waals surface area contributed by atoms with Crippen molar-refractivity contribution in [3.05, 3.63) is 53.8 Å². The van der Waals surface area contributed by atoms with Crippen LogP contribution in [0.3, 0.4) is 0 Å². The second kappa shape index (κ2) is 6.27. The molecular weight excluding hydrogens is 310 g/mol. The maximum Gasteiger partial charge on any atom is 0.315 e. The maximum atomic E-state index is 5.84. The second-order valence-electron chi connectivity index (χ2n) is 5.38. The molecule has 1 aromatic carbocycles. The van der Waals surface area contributed by atoms with Crippen molar-refractivity contribution in [2.75, 3.05) is 11.9 Å². The summed E-state index contributed by atoms with van der Waals surface area (Å²) in [5.41, 5.74) is 0. The number of benzene rings is 1. The van der Waals surface area contributed by atoms with E-state index >= 15 is 0 Å². The molecule has 0 saturated carbocycles. The number of anilines is 1. The molecule has 124 valence electrons. The number of hydrogen-bond donors (Lipinski definition) is 1. The highest BCUT2D eigenvalue weighted by Crippen LogP contribution is 2.35. The van der Waals surface area contributed by atoms with Crippen LogP contribution in [0.2, 0.25) is 0 Å². The molecule has 0 unspecified atom stereocenters. The van der Waals surface area contributed by atoms with Gasteiger partial charge in [-0.15, -0.1) is 5.10 Å². The minimum Gasteiger partial charge on any atom is -0.485 e. The van der Waals surface area contributed by atoms with Crippen LogP contribution in [0.5, 0.6) is 11.5 Å². The molecule has 0 amide bonds. The van der Waals surface area contributed by atoms with Gasteiger partial charge in [0, 0.05) is 6.42 Å². The number of hydrogen-bond acceptors (Lipinski definition) is 7. The number of nitrogens with one attached hydrogen (secondary N) is 1. The second-order valence-corrected chi connectivity index (χ2v) is 5.38. The first-order valence-corrected chi connectivity index (χ1v) is 7.85. The third-order valence-electron chi connectivity index (χ3n) is 3.70. The van der Waals surface area contributed by atoms with Gasteiger partial charge in [-0.2, -0.15) is 0 Å². The van der Waals surface area contributed by atoms with E-state index in [1.807, 2.05) is 43.3 Å². The molecule has 1 aliphatic heterocycles. The van der Waals surface area contributed by atoms with Crippen LogP contribution >= 0.6 is 0 Å². The highest BCUT2D eigenvalue weighted by molar-refractivity contribution is 5.41. The molecule has 2 aromatic heterocycles. The van der Waals surface area contributed by atoms with Crippen molar-refractivity contribution in [2.45, 2.75) is 26.0 Å². The summed E-state index contributed by atoms with van der Waals surface area (Å²) in [6, 6.07) is 11.7. The zero-order chi connectivity index (χ0) is 16.4. The maximum absolute atomic E-state index is 5.84. The van der Waals surface area contributed by atoms with Crippen molar-refractivity contribution in [1.82, 2.24) is 10.2 Å². The van der Waals surface area contributed by atoms with E-state index in [2.05, 4.69) is 15.5 Å². The smallest absolute Gasteiger partial charge is 0.315 e. The van der Waals surface area contributed by atoms with Gasteiger partial charge in [-0.3, -0.25) is 0 Å². The van der Waals surface area contributed by atoms with Gasteiger partial charge in [0.1, 0.15) is 18.1 Å². The Hall–Kier alpha value is -2.96. The number of ether oxygens (including phenoxy) is 2. The van der Waals surface area contributed by atoms with Gasteiger partial charge in [0.2, 0.25) is 6.10 Å². The molecular formula is C17H17N3O4. The molecule has 0 fully saturated rings. The topological polar surface area (TPSA) is 82.6 Å². The standard InChI is InChI=1S/C17H17N3O4/c1-2-11-7-8-12(22-11)9-18-17-20-19-16(24-17)15-10-21-13-5-3-4-6-14(13)23-15/h3-8,15H,2,9-10H2,1H3,(H,18,20)/t15-/m0/s1. The van der Waals surface area contributed by atoms with Crippen LogP contribution in [0.4, 0.5) is 6.01 Å². The normalized spacial score (nSPS) is 16.1. The lowest BCUT2D eigenvalue weighted by molar-refractivity contribution is 0.0717. The van der Waals surface area contributed by atoms with Gasteiger partial charge in [0.05, 0.1) is 6.54 Å². The van der Waals surface area contributed by atoms with Crippen LogP contribution in [0.1, 0.15) is 30.4 Å². The Balaban J connectivity index is 1.40. The number of rotatable bonds is 5. The Bertz CT molecular complexity index is 827. The highest BCUT2D eigenvalue weighted by Gasteiger charge is 2.27. The Morgan fingerprint density at radius 3 is 2.71 bits per heavy atom. The van der Waals surface area contributed by atoms with E-state index in [0.29, 0.717) is 30.8 Å². The summed E-state index contributed by atoms with van der Waals surface area (Å²) in [5, 5.41) is 11.1. The van der Waals surface area contributed by atoms with Crippen molar-refractivity contribution in [3.63, 3.8) is 0 Å². The van der Waals surface area contributed by atoms with Crippen LogP contribution < -0.4 is 14.8 Å². The first-order valence-electron chi connectivity index (χ1n) is 7.85.